The van der Waals surface area contributed by atoms with Gasteiger partial charge in [0.1, 0.15) is 0 Å². The van der Waals surface area contributed by atoms with E-state index in [1.807, 2.05) is 0 Å². The fourth-order valence-corrected chi connectivity index (χ4v) is 8.54. The SMILES string of the molecule is Cn1c2c(c3ccccc31)C=C1C2=CC=C(Br)[CH]1[Zr+2][C]1=CC=CC1.[Cl-].[Cl-]. The molecule has 1 aromatic heterocycles. The molecule has 5 heteroatoms. The van der Waals surface area contributed by atoms with Crippen LogP contribution in [0.15, 0.2) is 68.0 Å². The largest absolute Gasteiger partial charge is 1.00 e. The molecule has 1 atom stereocenters. The molecule has 0 spiro atoms. The van der Waals surface area contributed by atoms with Crippen molar-refractivity contribution in [1.29, 1.82) is 0 Å². The zero-order valence-corrected chi connectivity index (χ0v) is 19.7. The Balaban J connectivity index is 0.000000980. The molecule has 2 aromatic rings. The summed E-state index contributed by atoms with van der Waals surface area (Å²) < 4.78 is 6.03. The molecule has 0 aliphatic heterocycles. The Morgan fingerprint density at radius 2 is 1.92 bits per heavy atom. The van der Waals surface area contributed by atoms with Crippen LogP contribution in [0.4, 0.5) is 0 Å². The number of aryl methyl sites for hydroxylation is 1. The van der Waals surface area contributed by atoms with Crippen molar-refractivity contribution in [2.24, 2.45) is 7.05 Å². The molecule has 0 fully saturated rings. The first-order chi connectivity index (χ1) is 11.7. The summed E-state index contributed by atoms with van der Waals surface area (Å²) in [6.07, 6.45) is 15.1. The van der Waals surface area contributed by atoms with E-state index >= 15 is 0 Å². The second-order valence-electron chi connectivity index (χ2n) is 6.47. The Morgan fingerprint density at radius 3 is 2.69 bits per heavy atom. The predicted molar refractivity (Wildman–Crippen MR) is 101 cm³/mol. The van der Waals surface area contributed by atoms with Crippen molar-refractivity contribution in [2.45, 2.75) is 10.0 Å². The summed E-state index contributed by atoms with van der Waals surface area (Å²) in [5, 5.41) is 1.37. The van der Waals surface area contributed by atoms with Gasteiger partial charge in [0.2, 0.25) is 0 Å². The van der Waals surface area contributed by atoms with E-state index in [1.54, 1.807) is 3.28 Å². The van der Waals surface area contributed by atoms with Crippen LogP contribution in [-0.2, 0) is 30.3 Å². The van der Waals surface area contributed by atoms with Gasteiger partial charge in [0.25, 0.3) is 0 Å². The normalized spacial score (nSPS) is 19.4. The van der Waals surface area contributed by atoms with Gasteiger partial charge in [0.15, 0.2) is 0 Å². The van der Waals surface area contributed by atoms with E-state index in [0.29, 0.717) is 3.63 Å². The number of fused-ring (bicyclic) bond motifs is 5. The summed E-state index contributed by atoms with van der Waals surface area (Å²) >= 11 is 3.19. The zero-order valence-electron chi connectivity index (χ0n) is 14.1. The number of benzene rings is 1. The Kier molecular flexibility index (Phi) is 6.04. The maximum absolute atomic E-state index is 3.86. The maximum atomic E-state index is 3.86. The van der Waals surface area contributed by atoms with E-state index in [-0.39, 0.29) is 24.8 Å². The van der Waals surface area contributed by atoms with Gasteiger partial charge >= 0.3 is 163 Å². The topological polar surface area (TPSA) is 4.93 Å². The molecule has 0 amide bonds. The van der Waals surface area contributed by atoms with E-state index in [2.05, 4.69) is 88.3 Å². The minimum atomic E-state index is -0.671. The number of allylic oxidation sites excluding steroid dienone is 9. The number of nitrogens with zero attached hydrogens (tertiary/aromatic N) is 1. The molecule has 0 bridgehead atoms. The van der Waals surface area contributed by atoms with Gasteiger partial charge < -0.3 is 24.8 Å². The third kappa shape index (κ3) is 3.02. The molecular weight excluding hydrogens is 508 g/mol. The molecule has 1 nitrogen and oxygen atoms in total. The molecule has 0 radical (unpaired) electrons. The average Bonchev–Trinajstić information content (AvgIpc) is 3.29. The van der Waals surface area contributed by atoms with Gasteiger partial charge in [0.05, 0.1) is 0 Å². The average molecular weight is 524 g/mol. The van der Waals surface area contributed by atoms with Gasteiger partial charge in [-0.15, -0.1) is 0 Å². The van der Waals surface area contributed by atoms with Crippen LogP contribution >= 0.6 is 15.9 Å². The quantitative estimate of drug-likeness (QED) is 0.521. The molecule has 0 saturated heterocycles. The van der Waals surface area contributed by atoms with Gasteiger partial charge in [-0.3, -0.25) is 0 Å². The van der Waals surface area contributed by atoms with Crippen molar-refractivity contribution in [3.8, 4) is 0 Å². The minimum Gasteiger partial charge on any atom is -1.00 e. The second-order valence-corrected chi connectivity index (χ2v) is 11.1. The number of halogens is 3. The molecule has 0 saturated carbocycles. The molecule has 1 unspecified atom stereocenters. The first-order valence-electron chi connectivity index (χ1n) is 8.23. The van der Waals surface area contributed by atoms with E-state index < -0.39 is 23.2 Å². The molecule has 1 heterocycles. The van der Waals surface area contributed by atoms with Crippen LogP contribution in [0.25, 0.3) is 22.6 Å². The van der Waals surface area contributed by atoms with Crippen molar-refractivity contribution in [2.75, 3.05) is 0 Å². The van der Waals surface area contributed by atoms with Gasteiger partial charge in [-0.25, -0.2) is 0 Å². The van der Waals surface area contributed by atoms with E-state index in [4.69, 9.17) is 0 Å². The summed E-state index contributed by atoms with van der Waals surface area (Å²) in [6, 6.07) is 8.75. The molecule has 3 aliphatic rings. The van der Waals surface area contributed by atoms with Crippen LogP contribution < -0.4 is 24.8 Å². The van der Waals surface area contributed by atoms with E-state index in [1.165, 1.54) is 44.2 Å². The number of rotatable bonds is 2. The molecular formula is C21H16BrCl2NZr. The van der Waals surface area contributed by atoms with Crippen LogP contribution in [0.2, 0.25) is 3.63 Å². The maximum Gasteiger partial charge on any atom is -1.00 e. The number of aromatic nitrogens is 1. The first-order valence-corrected chi connectivity index (χ1v) is 11.7. The van der Waals surface area contributed by atoms with Crippen LogP contribution in [0.1, 0.15) is 17.7 Å². The Hall–Kier alpha value is -0.597. The van der Waals surface area contributed by atoms with Crippen LogP contribution in [0.5, 0.6) is 0 Å². The van der Waals surface area contributed by atoms with Crippen molar-refractivity contribution < 1.29 is 48.0 Å². The monoisotopic (exact) mass is 521 g/mol. The first kappa shape index (κ1) is 20.1. The Morgan fingerprint density at radius 1 is 1.12 bits per heavy atom. The minimum absolute atomic E-state index is 0. The standard InChI is InChI=1S/C16H11BrN.C5H5.2ClH.Zr/c1-18-15-5-3-2-4-13(15)14-9-10-8-11(17)6-7-12(10)16(14)18;1-2-4-5-3-1;;;/h2-9H,1H3;1-3H,4H2;2*1H;/q;;;;+2/p-2. The Labute approximate surface area is 186 Å². The zero-order chi connectivity index (χ0) is 16.3. The van der Waals surface area contributed by atoms with Crippen LogP contribution in [0, 0.1) is 0 Å². The van der Waals surface area contributed by atoms with Gasteiger partial charge in [-0.05, 0) is 0 Å². The van der Waals surface area contributed by atoms with Crippen molar-refractivity contribution in [3.63, 3.8) is 0 Å². The summed E-state index contributed by atoms with van der Waals surface area (Å²) in [6.45, 7) is 0. The summed E-state index contributed by atoms with van der Waals surface area (Å²) in [4.78, 5) is 0. The Bertz CT molecular complexity index is 1040. The van der Waals surface area contributed by atoms with E-state index in [9.17, 15) is 0 Å². The van der Waals surface area contributed by atoms with Gasteiger partial charge in [-0.1, -0.05) is 0 Å². The van der Waals surface area contributed by atoms with Gasteiger partial charge in [0, 0.05) is 0 Å². The molecule has 130 valence electrons. The third-order valence-electron chi connectivity index (χ3n) is 5.11. The second kappa shape index (κ2) is 7.80. The summed E-state index contributed by atoms with van der Waals surface area (Å²) in [5.74, 6) is 0. The number of para-hydroxylation sites is 1. The molecule has 0 N–H and O–H groups in total. The number of hydrogen-bond donors (Lipinski definition) is 0. The molecule has 26 heavy (non-hydrogen) atoms. The fourth-order valence-electron chi connectivity index (χ4n) is 3.97. The predicted octanol–water partition coefficient (Wildman–Crippen LogP) is -0.0261. The van der Waals surface area contributed by atoms with Crippen molar-refractivity contribution in [3.05, 3.63) is 79.2 Å². The van der Waals surface area contributed by atoms with E-state index in [0.717, 1.165) is 0 Å². The third-order valence-corrected chi connectivity index (χ3v) is 10.9. The smallest absolute Gasteiger partial charge is 1.00 e. The van der Waals surface area contributed by atoms with Crippen LogP contribution in [-0.4, -0.2) is 4.57 Å². The van der Waals surface area contributed by atoms with Crippen LogP contribution in [0.3, 0.4) is 0 Å². The summed E-state index contributed by atoms with van der Waals surface area (Å²) in [5.41, 5.74) is 7.10. The molecule has 5 rings (SSSR count). The fraction of sp³-hybridized carbons (Fsp3) is 0.143. The molecule has 3 aliphatic carbocycles. The number of hydrogen-bond acceptors (Lipinski definition) is 0. The van der Waals surface area contributed by atoms with Crippen molar-refractivity contribution >= 4 is 38.5 Å². The van der Waals surface area contributed by atoms with Gasteiger partial charge in [-0.2, -0.15) is 0 Å². The summed E-state index contributed by atoms with van der Waals surface area (Å²) in [7, 11) is 2.20. The van der Waals surface area contributed by atoms with Crippen molar-refractivity contribution in [1.82, 2.24) is 4.57 Å². The molecule has 1 aromatic carbocycles.